The van der Waals surface area contributed by atoms with Crippen LogP contribution in [0.25, 0.3) is 10.9 Å². The number of hydrogen-bond acceptors (Lipinski definition) is 4. The number of nitrogens with zero attached hydrogens (tertiary/aromatic N) is 4. The average Bonchev–Trinajstić information content (AvgIpc) is 2.69. The van der Waals surface area contributed by atoms with E-state index in [-0.39, 0.29) is 0 Å². The number of fused-ring (bicyclic) bond motifs is 1. The van der Waals surface area contributed by atoms with Crippen LogP contribution in [0.1, 0.15) is 5.82 Å². The van der Waals surface area contributed by atoms with Gasteiger partial charge in [0.15, 0.2) is 5.82 Å². The van der Waals surface area contributed by atoms with Crippen molar-refractivity contribution in [2.75, 3.05) is 5.73 Å². The zero-order valence-corrected chi connectivity index (χ0v) is 9.11. The minimum absolute atomic E-state index is 0.526. The summed E-state index contributed by atoms with van der Waals surface area (Å²) < 4.78 is 1.82. The van der Waals surface area contributed by atoms with Gasteiger partial charge in [-0.2, -0.15) is 5.10 Å². The highest BCUT2D eigenvalue weighted by atomic mass is 15.3. The second kappa shape index (κ2) is 3.86. The molecule has 1 aromatic carbocycles. The molecule has 0 saturated heterocycles. The summed E-state index contributed by atoms with van der Waals surface area (Å²) in [5.74, 6) is 1.26. The van der Waals surface area contributed by atoms with Crippen molar-refractivity contribution in [1.82, 2.24) is 19.7 Å². The fraction of sp³-hybridized carbons (Fsp3) is 0.0833. The molecular formula is C12H11N5. The van der Waals surface area contributed by atoms with Crippen LogP contribution in [0.15, 0.2) is 42.7 Å². The molecule has 3 rings (SSSR count). The monoisotopic (exact) mass is 225 g/mol. The van der Waals surface area contributed by atoms with Gasteiger partial charge >= 0.3 is 0 Å². The van der Waals surface area contributed by atoms with Gasteiger partial charge in [0.05, 0.1) is 5.52 Å². The van der Waals surface area contributed by atoms with E-state index in [1.54, 1.807) is 18.5 Å². The van der Waals surface area contributed by atoms with Crippen LogP contribution in [0.5, 0.6) is 0 Å². The lowest BCUT2D eigenvalue weighted by atomic mass is 10.2. The molecule has 2 N–H and O–H groups in total. The molecule has 3 aromatic rings. The van der Waals surface area contributed by atoms with E-state index in [9.17, 15) is 0 Å². The van der Waals surface area contributed by atoms with Crippen LogP contribution in [-0.2, 0) is 6.54 Å². The third-order valence-electron chi connectivity index (χ3n) is 2.60. The maximum atomic E-state index is 5.86. The molecule has 5 heteroatoms. The third-order valence-corrected chi connectivity index (χ3v) is 2.60. The van der Waals surface area contributed by atoms with Crippen LogP contribution in [-0.4, -0.2) is 19.7 Å². The largest absolute Gasteiger partial charge is 0.382 e. The SMILES string of the molecule is Nc1nn(Cc2ncccn2)c2ccccc12. The maximum Gasteiger partial charge on any atom is 0.153 e. The van der Waals surface area contributed by atoms with Crippen molar-refractivity contribution in [2.45, 2.75) is 6.54 Å². The molecule has 84 valence electrons. The minimum atomic E-state index is 0.526. The first-order chi connectivity index (χ1) is 8.34. The number of nitrogens with two attached hydrogens (primary N) is 1. The van der Waals surface area contributed by atoms with Gasteiger partial charge < -0.3 is 5.73 Å². The van der Waals surface area contributed by atoms with E-state index in [1.165, 1.54) is 0 Å². The lowest BCUT2D eigenvalue weighted by molar-refractivity contribution is 0.680. The van der Waals surface area contributed by atoms with Crippen molar-refractivity contribution in [2.24, 2.45) is 0 Å². The quantitative estimate of drug-likeness (QED) is 0.716. The normalized spacial score (nSPS) is 10.8. The highest BCUT2D eigenvalue weighted by Gasteiger charge is 2.07. The second-order valence-electron chi connectivity index (χ2n) is 3.73. The number of para-hydroxylation sites is 1. The van der Waals surface area contributed by atoms with E-state index < -0.39 is 0 Å². The highest BCUT2D eigenvalue weighted by Crippen LogP contribution is 2.20. The molecule has 0 fully saturated rings. The number of hydrogen-bond donors (Lipinski definition) is 1. The first-order valence-electron chi connectivity index (χ1n) is 5.31. The summed E-state index contributed by atoms with van der Waals surface area (Å²) >= 11 is 0. The van der Waals surface area contributed by atoms with Crippen molar-refractivity contribution < 1.29 is 0 Å². The molecule has 2 aromatic heterocycles. The van der Waals surface area contributed by atoms with Gasteiger partial charge in [0.1, 0.15) is 12.4 Å². The minimum Gasteiger partial charge on any atom is -0.382 e. The number of nitrogen functional groups attached to an aromatic ring is 1. The molecule has 0 spiro atoms. The summed E-state index contributed by atoms with van der Waals surface area (Å²) in [5, 5.41) is 5.26. The molecule has 5 nitrogen and oxygen atoms in total. The van der Waals surface area contributed by atoms with Crippen LogP contribution < -0.4 is 5.73 Å². The molecule has 17 heavy (non-hydrogen) atoms. The van der Waals surface area contributed by atoms with Gasteiger partial charge in [0.2, 0.25) is 0 Å². The van der Waals surface area contributed by atoms with Crippen molar-refractivity contribution >= 4 is 16.7 Å². The molecule has 0 aliphatic carbocycles. The molecule has 0 aliphatic rings. The number of rotatable bonds is 2. The van der Waals surface area contributed by atoms with Crippen LogP contribution >= 0.6 is 0 Å². The molecule has 0 bridgehead atoms. The molecule has 0 aliphatic heterocycles. The fourth-order valence-corrected chi connectivity index (χ4v) is 1.82. The van der Waals surface area contributed by atoms with Gasteiger partial charge in [-0.3, -0.25) is 4.68 Å². The number of anilines is 1. The Morgan fingerprint density at radius 1 is 1.06 bits per heavy atom. The topological polar surface area (TPSA) is 69.6 Å². The van der Waals surface area contributed by atoms with E-state index in [0.717, 1.165) is 16.7 Å². The lowest BCUT2D eigenvalue weighted by Crippen LogP contribution is -2.05. The van der Waals surface area contributed by atoms with Crippen LogP contribution in [0, 0.1) is 0 Å². The Labute approximate surface area is 97.9 Å². The van der Waals surface area contributed by atoms with Crippen LogP contribution in [0.4, 0.5) is 5.82 Å². The number of aromatic nitrogens is 4. The third kappa shape index (κ3) is 1.71. The predicted molar refractivity (Wildman–Crippen MR) is 65.3 cm³/mol. The lowest BCUT2D eigenvalue weighted by Gasteiger charge is -2.01. The molecule has 0 saturated carbocycles. The second-order valence-corrected chi connectivity index (χ2v) is 3.73. The Bertz CT molecular complexity index is 644. The van der Waals surface area contributed by atoms with Crippen molar-refractivity contribution in [1.29, 1.82) is 0 Å². The predicted octanol–water partition coefficient (Wildman–Crippen LogP) is 1.46. The molecule has 0 unspecified atom stereocenters. The first kappa shape index (κ1) is 9.77. The zero-order chi connectivity index (χ0) is 11.7. The summed E-state index contributed by atoms with van der Waals surface area (Å²) in [4.78, 5) is 8.35. The van der Waals surface area contributed by atoms with E-state index in [4.69, 9.17) is 5.73 Å². The van der Waals surface area contributed by atoms with E-state index >= 15 is 0 Å². The standard InChI is InChI=1S/C12H11N5/c13-12-9-4-1-2-5-10(9)17(16-12)8-11-14-6-3-7-15-11/h1-7H,8H2,(H2,13,16). The Balaban J connectivity index is 2.07. The van der Waals surface area contributed by atoms with Gasteiger partial charge in [-0.25, -0.2) is 9.97 Å². The van der Waals surface area contributed by atoms with Crippen LogP contribution in [0.2, 0.25) is 0 Å². The Morgan fingerprint density at radius 3 is 2.65 bits per heavy atom. The van der Waals surface area contributed by atoms with E-state index in [0.29, 0.717) is 12.4 Å². The first-order valence-corrected chi connectivity index (χ1v) is 5.31. The molecule has 0 atom stereocenters. The summed E-state index contributed by atoms with van der Waals surface area (Å²) in [6.45, 7) is 0.526. The summed E-state index contributed by atoms with van der Waals surface area (Å²) in [7, 11) is 0. The van der Waals surface area contributed by atoms with Gasteiger partial charge in [0.25, 0.3) is 0 Å². The van der Waals surface area contributed by atoms with Gasteiger partial charge in [0, 0.05) is 17.8 Å². The van der Waals surface area contributed by atoms with Gasteiger partial charge in [-0.05, 0) is 18.2 Å². The van der Waals surface area contributed by atoms with Gasteiger partial charge in [-0.1, -0.05) is 12.1 Å². The Kier molecular flexibility index (Phi) is 2.22. The number of benzene rings is 1. The van der Waals surface area contributed by atoms with Crippen molar-refractivity contribution in [3.05, 3.63) is 48.5 Å². The van der Waals surface area contributed by atoms with Crippen LogP contribution in [0.3, 0.4) is 0 Å². The maximum absolute atomic E-state index is 5.86. The summed E-state index contributed by atoms with van der Waals surface area (Å²) in [6, 6.07) is 9.65. The molecule has 0 radical (unpaired) electrons. The Morgan fingerprint density at radius 2 is 1.82 bits per heavy atom. The van der Waals surface area contributed by atoms with E-state index in [2.05, 4.69) is 15.1 Å². The molecule has 0 amide bonds. The highest BCUT2D eigenvalue weighted by molar-refractivity contribution is 5.88. The van der Waals surface area contributed by atoms with Crippen molar-refractivity contribution in [3.63, 3.8) is 0 Å². The van der Waals surface area contributed by atoms with Gasteiger partial charge in [-0.15, -0.1) is 0 Å². The average molecular weight is 225 g/mol. The van der Waals surface area contributed by atoms with E-state index in [1.807, 2.05) is 28.9 Å². The van der Waals surface area contributed by atoms with Crippen molar-refractivity contribution in [3.8, 4) is 0 Å². The smallest absolute Gasteiger partial charge is 0.153 e. The molecule has 2 heterocycles. The molecular weight excluding hydrogens is 214 g/mol. The Hall–Kier alpha value is -2.43. The summed E-state index contributed by atoms with van der Waals surface area (Å²) in [5.41, 5.74) is 6.86. The zero-order valence-electron chi connectivity index (χ0n) is 9.11. The summed E-state index contributed by atoms with van der Waals surface area (Å²) in [6.07, 6.45) is 3.44. The fourth-order valence-electron chi connectivity index (χ4n) is 1.82.